The zero-order valence-electron chi connectivity index (χ0n) is 21.6. The fourth-order valence-corrected chi connectivity index (χ4v) is 4.30. The number of hydrogen-bond donors (Lipinski definition) is 1. The van der Waals surface area contributed by atoms with Crippen LogP contribution in [0.15, 0.2) is 42.6 Å². The lowest BCUT2D eigenvalue weighted by Crippen LogP contribution is -2.28. The highest BCUT2D eigenvalue weighted by Crippen LogP contribution is 2.40. The Labute approximate surface area is 216 Å². The molecule has 1 atom stereocenters. The summed E-state index contributed by atoms with van der Waals surface area (Å²) in [6.07, 6.45) is -4.81. The van der Waals surface area contributed by atoms with E-state index >= 15 is 0 Å². The van der Waals surface area contributed by atoms with Crippen molar-refractivity contribution in [3.05, 3.63) is 59.3 Å². The predicted octanol–water partition coefficient (Wildman–Crippen LogP) is 6.75. The molecule has 0 aliphatic carbocycles. The van der Waals surface area contributed by atoms with Crippen LogP contribution in [0.2, 0.25) is 0 Å². The number of fused-ring (bicyclic) bond motifs is 1. The Hall–Kier alpha value is -2.81. The van der Waals surface area contributed by atoms with Gasteiger partial charge in [0.1, 0.15) is 0 Å². The molecule has 1 N–H and O–H groups in total. The number of aromatic nitrogens is 1. The number of alkyl halides is 5. The Morgan fingerprint density at radius 1 is 1.14 bits per heavy atom. The van der Waals surface area contributed by atoms with Crippen molar-refractivity contribution in [2.45, 2.75) is 53.4 Å². The third-order valence-electron chi connectivity index (χ3n) is 5.11. The summed E-state index contributed by atoms with van der Waals surface area (Å²) in [4.78, 5) is 0. The number of nitriles is 1. The number of nitrogens with one attached hydrogen (secondary N) is 1. The number of halogens is 5. The summed E-state index contributed by atoms with van der Waals surface area (Å²) in [5.74, 6) is 0. The molecule has 0 radical (unpaired) electrons. The molecule has 5 nitrogen and oxygen atoms in total. The maximum absolute atomic E-state index is 13.8. The minimum atomic E-state index is -4.59. The second kappa shape index (κ2) is 12.2. The third kappa shape index (κ3) is 8.35. The lowest BCUT2D eigenvalue weighted by Gasteiger charge is -2.20. The van der Waals surface area contributed by atoms with E-state index in [4.69, 9.17) is 0 Å². The van der Waals surface area contributed by atoms with Crippen LogP contribution in [0.4, 0.5) is 22.0 Å². The smallest absolute Gasteiger partial charge is 0.347 e. The average Bonchev–Trinajstić information content (AvgIpc) is 3.10. The van der Waals surface area contributed by atoms with E-state index in [9.17, 15) is 31.4 Å². The molecule has 11 heteroatoms. The summed E-state index contributed by atoms with van der Waals surface area (Å²) >= 11 is -1.36. The molecule has 0 saturated carbocycles. The number of benzene rings is 2. The maximum atomic E-state index is 13.8. The summed E-state index contributed by atoms with van der Waals surface area (Å²) in [5.41, 5.74) is 0.916. The molecule has 37 heavy (non-hydrogen) atoms. The van der Waals surface area contributed by atoms with Gasteiger partial charge < -0.3 is 4.57 Å². The topological polar surface area (TPSA) is 61.1 Å². The van der Waals surface area contributed by atoms with Crippen LogP contribution >= 0.6 is 0 Å². The molecule has 1 aromatic heterocycles. The van der Waals surface area contributed by atoms with E-state index in [1.807, 2.05) is 16.8 Å². The third-order valence-corrected chi connectivity index (χ3v) is 6.16. The largest absolute Gasteiger partial charge is 0.417 e. The van der Waals surface area contributed by atoms with Crippen LogP contribution in [0, 0.1) is 16.7 Å². The maximum Gasteiger partial charge on any atom is 0.417 e. The van der Waals surface area contributed by atoms with Gasteiger partial charge in [-0.15, -0.1) is 0 Å². The first-order chi connectivity index (χ1) is 17.0. The Morgan fingerprint density at radius 3 is 2.27 bits per heavy atom. The van der Waals surface area contributed by atoms with E-state index in [1.165, 1.54) is 12.1 Å². The molecular weight excluding hydrogens is 511 g/mol. The van der Waals surface area contributed by atoms with Crippen molar-refractivity contribution < 1.29 is 26.2 Å². The van der Waals surface area contributed by atoms with Crippen molar-refractivity contribution in [2.24, 2.45) is 5.41 Å². The monoisotopic (exact) mass is 542 g/mol. The summed E-state index contributed by atoms with van der Waals surface area (Å²) in [7, 11) is 3.40. The van der Waals surface area contributed by atoms with Gasteiger partial charge in [-0.2, -0.15) is 18.4 Å². The lowest BCUT2D eigenvalue weighted by atomic mass is 9.93. The molecule has 2 aromatic carbocycles. The van der Waals surface area contributed by atoms with Gasteiger partial charge in [-0.05, 0) is 41.7 Å². The number of hydrogen-bond acceptors (Lipinski definition) is 2. The summed E-state index contributed by atoms with van der Waals surface area (Å²) in [5, 5.41) is 10.4. The molecule has 1 unspecified atom stereocenters. The lowest BCUT2D eigenvalue weighted by molar-refractivity contribution is -0.137. The molecule has 0 amide bonds. The number of rotatable bonds is 6. The van der Waals surface area contributed by atoms with E-state index in [0.29, 0.717) is 18.7 Å². The molecule has 1 heterocycles. The fraction of sp³-hybridized carbons (Fsp3) is 0.423. The van der Waals surface area contributed by atoms with Crippen LogP contribution < -0.4 is 4.72 Å². The van der Waals surface area contributed by atoms with Crippen LogP contribution in [0.5, 0.6) is 0 Å². The summed E-state index contributed by atoms with van der Waals surface area (Å²) in [6.45, 7) is 8.04. The first-order valence-electron chi connectivity index (χ1n) is 11.4. The van der Waals surface area contributed by atoms with Gasteiger partial charge in [0.05, 0.1) is 17.2 Å². The van der Waals surface area contributed by atoms with Crippen molar-refractivity contribution in [1.29, 1.82) is 5.26 Å². The van der Waals surface area contributed by atoms with E-state index < -0.39 is 29.3 Å². The molecule has 0 saturated heterocycles. The zero-order chi connectivity index (χ0) is 28.1. The molecule has 0 spiro atoms. The van der Waals surface area contributed by atoms with E-state index in [2.05, 4.69) is 25.5 Å². The molecule has 0 aliphatic heterocycles. The molecule has 3 aromatic rings. The van der Waals surface area contributed by atoms with E-state index in [-0.39, 0.29) is 16.5 Å². The van der Waals surface area contributed by atoms with E-state index in [1.54, 1.807) is 36.6 Å². The van der Waals surface area contributed by atoms with Crippen molar-refractivity contribution in [3.63, 3.8) is 0 Å². The first kappa shape index (κ1) is 30.4. The average molecular weight is 543 g/mol. The molecule has 0 bridgehead atoms. The normalized spacial score (nSPS) is 13.0. The van der Waals surface area contributed by atoms with Crippen LogP contribution in [0.25, 0.3) is 22.0 Å². The van der Waals surface area contributed by atoms with Gasteiger partial charge in [0.25, 0.3) is 0 Å². The van der Waals surface area contributed by atoms with Gasteiger partial charge in [-0.1, -0.05) is 39.0 Å². The van der Waals surface area contributed by atoms with Gasteiger partial charge in [0.2, 0.25) is 6.43 Å². The van der Waals surface area contributed by atoms with Gasteiger partial charge in [-0.25, -0.2) is 22.0 Å². The molecule has 0 fully saturated rings. The van der Waals surface area contributed by atoms with Gasteiger partial charge >= 0.3 is 6.18 Å². The Kier molecular flexibility index (Phi) is 9.99. The van der Waals surface area contributed by atoms with Crippen molar-refractivity contribution in [1.82, 2.24) is 13.6 Å². The van der Waals surface area contributed by atoms with Crippen molar-refractivity contribution in [2.75, 3.05) is 14.1 Å². The summed E-state index contributed by atoms with van der Waals surface area (Å²) < 4.78 is 80.6. The standard InChI is InChI=1S/C24H27F3N4OS.C2H4F2/c1-23(2,3)15-31-14-18(13-29-33(32)30(4)5)19-10-9-16(11-21(19)31)22-17(12-28)7-6-8-20(22)24(25,26)27;1-2(3)4/h6-11,14,29H,13,15H2,1-5H3;2H,1H3. The minimum Gasteiger partial charge on any atom is -0.347 e. The van der Waals surface area contributed by atoms with Crippen molar-refractivity contribution in [3.8, 4) is 17.2 Å². The quantitative estimate of drug-likeness (QED) is 0.351. The van der Waals surface area contributed by atoms with Crippen molar-refractivity contribution >= 4 is 22.1 Å². The van der Waals surface area contributed by atoms with Crippen LogP contribution in [0.1, 0.15) is 44.4 Å². The van der Waals surface area contributed by atoms with Gasteiger partial charge in [-0.3, -0.25) is 0 Å². The highest BCUT2D eigenvalue weighted by molar-refractivity contribution is 7.80. The molecular formula is C26H31F5N4OS. The van der Waals surface area contributed by atoms with Crippen LogP contribution in [-0.2, 0) is 30.4 Å². The first-order valence-corrected chi connectivity index (χ1v) is 12.5. The molecule has 3 rings (SSSR count). The van der Waals surface area contributed by atoms with Crippen LogP contribution in [-0.4, -0.2) is 33.6 Å². The fourth-order valence-electron chi connectivity index (χ4n) is 3.77. The second-order valence-corrected chi connectivity index (χ2v) is 11.3. The van der Waals surface area contributed by atoms with Gasteiger partial charge in [0.15, 0.2) is 11.2 Å². The van der Waals surface area contributed by atoms with E-state index in [0.717, 1.165) is 29.5 Å². The highest BCUT2D eigenvalue weighted by atomic mass is 32.2. The Morgan fingerprint density at radius 2 is 1.76 bits per heavy atom. The highest BCUT2D eigenvalue weighted by Gasteiger charge is 2.35. The SMILES string of the molecule is CC(F)F.CN(C)S(=O)NCc1cn(CC(C)(C)C)c2cc(-c3c(C#N)cccc3C(F)(F)F)ccc12. The minimum absolute atomic E-state index is 0.0265. The Balaban J connectivity index is 0.00000112. The van der Waals surface area contributed by atoms with Crippen LogP contribution in [0.3, 0.4) is 0 Å². The second-order valence-electron chi connectivity index (χ2n) is 9.81. The van der Waals surface area contributed by atoms with Gasteiger partial charge in [0, 0.05) is 49.8 Å². The molecule has 202 valence electrons. The number of nitrogens with zero attached hydrogens (tertiary/aromatic N) is 3. The Bertz CT molecular complexity index is 1280. The predicted molar refractivity (Wildman–Crippen MR) is 137 cm³/mol. The molecule has 0 aliphatic rings. The zero-order valence-corrected chi connectivity index (χ0v) is 22.4. The summed E-state index contributed by atoms with van der Waals surface area (Å²) in [6, 6.07) is 10.6.